The number of piperidine rings is 1. The minimum atomic E-state index is -0.340. The normalized spacial score (nSPS) is 17.7. The molecule has 0 bridgehead atoms. The zero-order chi connectivity index (χ0) is 21.3. The summed E-state index contributed by atoms with van der Waals surface area (Å²) in [6, 6.07) is 13.2. The average molecular weight is 409 g/mol. The number of aromatic amines is 1. The van der Waals surface area contributed by atoms with Crippen molar-refractivity contribution in [3.05, 3.63) is 58.5 Å². The number of imidazole rings is 1. The Hall–Kier alpha value is -3.22. The van der Waals surface area contributed by atoms with Crippen LogP contribution in [0, 0.1) is 0 Å². The summed E-state index contributed by atoms with van der Waals surface area (Å²) < 4.78 is 12.5. The Morgan fingerprint density at radius 3 is 2.53 bits per heavy atom. The van der Waals surface area contributed by atoms with Crippen LogP contribution in [0.3, 0.4) is 0 Å². The predicted molar refractivity (Wildman–Crippen MR) is 115 cm³/mol. The van der Waals surface area contributed by atoms with E-state index in [1.54, 1.807) is 24.9 Å². The van der Waals surface area contributed by atoms with E-state index < -0.39 is 0 Å². The fourth-order valence-corrected chi connectivity index (χ4v) is 4.30. The van der Waals surface area contributed by atoms with Crippen molar-refractivity contribution >= 4 is 16.9 Å². The molecule has 1 fully saturated rings. The monoisotopic (exact) mass is 409 g/mol. The molecule has 0 aliphatic carbocycles. The number of rotatable bonds is 5. The highest BCUT2D eigenvalue weighted by atomic mass is 16.5. The van der Waals surface area contributed by atoms with E-state index in [0.29, 0.717) is 24.6 Å². The molecule has 1 saturated heterocycles. The van der Waals surface area contributed by atoms with Gasteiger partial charge in [-0.3, -0.25) is 9.36 Å². The van der Waals surface area contributed by atoms with Gasteiger partial charge in [0, 0.05) is 19.2 Å². The zero-order valence-corrected chi connectivity index (χ0v) is 17.6. The van der Waals surface area contributed by atoms with Gasteiger partial charge in [0.1, 0.15) is 11.5 Å². The third-order valence-electron chi connectivity index (χ3n) is 5.94. The number of likely N-dealkylation sites (tertiary alicyclic amines) is 1. The molecule has 0 saturated carbocycles. The summed E-state index contributed by atoms with van der Waals surface area (Å²) in [4.78, 5) is 30.7. The van der Waals surface area contributed by atoms with Gasteiger partial charge in [-0.25, -0.2) is 4.79 Å². The molecule has 2 aromatic carbocycles. The Morgan fingerprint density at radius 1 is 1.13 bits per heavy atom. The molecule has 7 nitrogen and oxygen atoms in total. The number of nitrogens with zero attached hydrogens (tertiary/aromatic N) is 2. The molecule has 1 aliphatic heterocycles. The number of amides is 1. The first kappa shape index (κ1) is 20.1. The summed E-state index contributed by atoms with van der Waals surface area (Å²) in [6.45, 7) is 3.11. The van der Waals surface area contributed by atoms with Crippen molar-refractivity contribution in [2.24, 2.45) is 0 Å². The van der Waals surface area contributed by atoms with Crippen molar-refractivity contribution in [1.29, 1.82) is 0 Å². The fraction of sp³-hybridized carbons (Fsp3) is 0.391. The predicted octanol–water partition coefficient (Wildman–Crippen LogP) is 3.31. The first-order valence-electron chi connectivity index (χ1n) is 10.2. The topological polar surface area (TPSA) is 76.6 Å². The van der Waals surface area contributed by atoms with E-state index in [0.717, 1.165) is 29.4 Å². The number of para-hydroxylation sites is 2. The summed E-state index contributed by atoms with van der Waals surface area (Å²) in [7, 11) is 3.19. The SMILES string of the molecule is COc1cc(OC)cc(C(C)C(=O)N2CCC[C@H](n3c(=O)[nH]c4ccccc43)C2)c1. The van der Waals surface area contributed by atoms with Crippen LogP contribution in [0.5, 0.6) is 11.5 Å². The molecule has 158 valence electrons. The van der Waals surface area contributed by atoms with Crippen LogP contribution in [0.2, 0.25) is 0 Å². The van der Waals surface area contributed by atoms with Crippen molar-refractivity contribution in [1.82, 2.24) is 14.5 Å². The number of H-pyrrole nitrogens is 1. The Balaban J connectivity index is 1.58. The molecular weight excluding hydrogens is 382 g/mol. The molecule has 3 aromatic rings. The second kappa shape index (κ2) is 8.26. The molecule has 2 atom stereocenters. The van der Waals surface area contributed by atoms with Gasteiger partial charge in [0.2, 0.25) is 5.91 Å². The summed E-state index contributed by atoms with van der Waals surface area (Å²) in [5.41, 5.74) is 2.43. The maximum Gasteiger partial charge on any atom is 0.326 e. The molecule has 1 aromatic heterocycles. The number of methoxy groups -OCH3 is 2. The lowest BCUT2D eigenvalue weighted by atomic mass is 9.96. The summed E-state index contributed by atoms with van der Waals surface area (Å²) in [6.07, 6.45) is 1.73. The minimum Gasteiger partial charge on any atom is -0.497 e. The number of hydrogen-bond donors (Lipinski definition) is 1. The molecule has 0 spiro atoms. The van der Waals surface area contributed by atoms with E-state index in [1.165, 1.54) is 0 Å². The van der Waals surface area contributed by atoms with Gasteiger partial charge in [-0.15, -0.1) is 0 Å². The van der Waals surface area contributed by atoms with E-state index in [-0.39, 0.29) is 23.6 Å². The molecule has 1 unspecified atom stereocenters. The van der Waals surface area contributed by atoms with E-state index >= 15 is 0 Å². The Morgan fingerprint density at radius 2 is 1.83 bits per heavy atom. The molecule has 1 N–H and O–H groups in total. The molecule has 30 heavy (non-hydrogen) atoms. The van der Waals surface area contributed by atoms with Crippen molar-refractivity contribution in [3.63, 3.8) is 0 Å². The van der Waals surface area contributed by atoms with Crippen LogP contribution in [-0.4, -0.2) is 47.7 Å². The molecule has 7 heteroatoms. The fourth-order valence-electron chi connectivity index (χ4n) is 4.30. The van der Waals surface area contributed by atoms with Gasteiger partial charge >= 0.3 is 5.69 Å². The largest absolute Gasteiger partial charge is 0.497 e. The zero-order valence-electron chi connectivity index (χ0n) is 17.6. The average Bonchev–Trinajstić information content (AvgIpc) is 3.13. The van der Waals surface area contributed by atoms with E-state index in [4.69, 9.17) is 9.47 Å². The number of fused-ring (bicyclic) bond motifs is 1. The Kier molecular flexibility index (Phi) is 5.53. The standard InChI is InChI=1S/C23H27N3O4/c1-15(16-11-18(29-2)13-19(12-16)30-3)22(27)25-10-6-7-17(14-25)26-21-9-5-4-8-20(21)24-23(26)28/h4-5,8-9,11-13,15,17H,6-7,10,14H2,1-3H3,(H,24,28)/t15?,17-/m0/s1. The van der Waals surface area contributed by atoms with E-state index in [9.17, 15) is 9.59 Å². The maximum absolute atomic E-state index is 13.3. The molecule has 4 rings (SSSR count). The van der Waals surface area contributed by atoms with Crippen LogP contribution in [0.1, 0.15) is 37.3 Å². The number of nitrogens with one attached hydrogen (secondary N) is 1. The lowest BCUT2D eigenvalue weighted by Gasteiger charge is -2.35. The third-order valence-corrected chi connectivity index (χ3v) is 5.94. The van der Waals surface area contributed by atoms with Gasteiger partial charge < -0.3 is 19.4 Å². The van der Waals surface area contributed by atoms with Gasteiger partial charge in [-0.2, -0.15) is 0 Å². The van der Waals surface area contributed by atoms with Crippen LogP contribution in [-0.2, 0) is 4.79 Å². The molecule has 2 heterocycles. The van der Waals surface area contributed by atoms with Crippen molar-refractivity contribution in [2.45, 2.75) is 31.7 Å². The quantitative estimate of drug-likeness (QED) is 0.701. The summed E-state index contributed by atoms with van der Waals surface area (Å²) >= 11 is 0. The molecular formula is C23H27N3O4. The van der Waals surface area contributed by atoms with Gasteiger partial charge in [0.05, 0.1) is 37.2 Å². The second-order valence-electron chi connectivity index (χ2n) is 7.77. The number of ether oxygens (including phenoxy) is 2. The van der Waals surface area contributed by atoms with Crippen LogP contribution in [0.15, 0.2) is 47.3 Å². The lowest BCUT2D eigenvalue weighted by molar-refractivity contribution is -0.134. The minimum absolute atomic E-state index is 0.0432. The van der Waals surface area contributed by atoms with Crippen molar-refractivity contribution < 1.29 is 14.3 Å². The van der Waals surface area contributed by atoms with Crippen LogP contribution < -0.4 is 15.2 Å². The first-order valence-corrected chi connectivity index (χ1v) is 10.2. The van der Waals surface area contributed by atoms with E-state index in [2.05, 4.69) is 4.98 Å². The highest BCUT2D eigenvalue weighted by molar-refractivity contribution is 5.84. The van der Waals surface area contributed by atoms with Crippen molar-refractivity contribution in [3.8, 4) is 11.5 Å². The van der Waals surface area contributed by atoms with Gasteiger partial charge in [-0.05, 0) is 49.6 Å². The van der Waals surface area contributed by atoms with E-state index in [1.807, 2.05) is 48.2 Å². The van der Waals surface area contributed by atoms with Crippen LogP contribution in [0.4, 0.5) is 0 Å². The smallest absolute Gasteiger partial charge is 0.326 e. The number of carbonyl (C=O) groups excluding carboxylic acids is 1. The molecule has 1 amide bonds. The second-order valence-corrected chi connectivity index (χ2v) is 7.77. The van der Waals surface area contributed by atoms with Crippen LogP contribution in [0.25, 0.3) is 11.0 Å². The Bertz CT molecular complexity index is 1090. The van der Waals surface area contributed by atoms with Gasteiger partial charge in [-0.1, -0.05) is 12.1 Å². The maximum atomic E-state index is 13.3. The third kappa shape index (κ3) is 3.67. The highest BCUT2D eigenvalue weighted by Crippen LogP contribution is 2.30. The molecule has 0 radical (unpaired) electrons. The summed E-state index contributed by atoms with van der Waals surface area (Å²) in [5, 5.41) is 0. The van der Waals surface area contributed by atoms with Gasteiger partial charge in [0.15, 0.2) is 0 Å². The number of hydrogen-bond acceptors (Lipinski definition) is 4. The Labute approximate surface area is 175 Å². The number of aromatic nitrogens is 2. The molecule has 1 aliphatic rings. The first-order chi connectivity index (χ1) is 14.5. The lowest BCUT2D eigenvalue weighted by Crippen LogP contribution is -2.44. The van der Waals surface area contributed by atoms with Crippen LogP contribution >= 0.6 is 0 Å². The number of carbonyl (C=O) groups is 1. The van der Waals surface area contributed by atoms with Crippen molar-refractivity contribution in [2.75, 3.05) is 27.3 Å². The number of benzene rings is 2. The summed E-state index contributed by atoms with van der Waals surface area (Å²) in [5.74, 6) is 1.02. The van der Waals surface area contributed by atoms with Gasteiger partial charge in [0.25, 0.3) is 0 Å². The highest BCUT2D eigenvalue weighted by Gasteiger charge is 2.30.